The molecule has 0 spiro atoms. The van der Waals surface area contributed by atoms with Crippen LogP contribution in [-0.2, 0) is 15.8 Å². The van der Waals surface area contributed by atoms with E-state index in [0.29, 0.717) is 6.07 Å². The number of benzene rings is 1. The maximum atomic E-state index is 13.2. The summed E-state index contributed by atoms with van der Waals surface area (Å²) in [6.45, 7) is 0. The lowest BCUT2D eigenvalue weighted by Crippen LogP contribution is -2.34. The van der Waals surface area contributed by atoms with Gasteiger partial charge in [-0.15, -0.1) is 0 Å². The smallest absolute Gasteiger partial charge is 0.224 e. The predicted molar refractivity (Wildman–Crippen MR) is 62.2 cm³/mol. The number of hydrogen-bond donors (Lipinski definition) is 0. The van der Waals surface area contributed by atoms with Gasteiger partial charge in [0.1, 0.15) is 0 Å². The predicted octanol–water partition coefficient (Wildman–Crippen LogP) is 3.35. The van der Waals surface area contributed by atoms with Crippen LogP contribution in [0.4, 0.5) is 22.0 Å². The van der Waals surface area contributed by atoms with Crippen molar-refractivity contribution in [2.75, 3.05) is 6.26 Å². The van der Waals surface area contributed by atoms with Crippen LogP contribution in [0.5, 0.6) is 0 Å². The van der Waals surface area contributed by atoms with E-state index in [1.54, 1.807) is 0 Å². The number of sulfone groups is 1. The fraction of sp³-hybridized carbons (Fsp3) is 0.333. The standard InChI is InChI=1S/C9H6F5IO2S/c1-18(16,17)6-4-2-3-5(7(6)15)8(10,11)9(12,13)14/h2-4H,1H3. The first kappa shape index (κ1) is 15.6. The lowest BCUT2D eigenvalue weighted by molar-refractivity contribution is -0.289. The van der Waals surface area contributed by atoms with Crippen LogP contribution in [0.2, 0.25) is 0 Å². The van der Waals surface area contributed by atoms with E-state index in [9.17, 15) is 30.4 Å². The molecule has 102 valence electrons. The number of halogens is 6. The molecule has 0 bridgehead atoms. The molecular formula is C9H6F5IO2S. The van der Waals surface area contributed by atoms with Gasteiger partial charge in [0, 0.05) is 15.4 Å². The Morgan fingerprint density at radius 2 is 1.61 bits per heavy atom. The van der Waals surface area contributed by atoms with Crippen LogP contribution in [0.3, 0.4) is 0 Å². The van der Waals surface area contributed by atoms with Gasteiger partial charge in [0.05, 0.1) is 4.90 Å². The Balaban J connectivity index is 3.56. The zero-order valence-corrected chi connectivity index (χ0v) is 11.7. The molecular weight excluding hydrogens is 394 g/mol. The van der Waals surface area contributed by atoms with Crippen LogP contribution in [0.1, 0.15) is 5.56 Å². The molecule has 1 aromatic carbocycles. The van der Waals surface area contributed by atoms with Gasteiger partial charge in [0.15, 0.2) is 9.84 Å². The second-order valence-corrected chi connectivity index (χ2v) is 6.52. The van der Waals surface area contributed by atoms with E-state index in [0.717, 1.165) is 18.4 Å². The minimum Gasteiger partial charge on any atom is -0.224 e. The maximum Gasteiger partial charge on any atom is 0.458 e. The molecule has 0 fully saturated rings. The lowest BCUT2D eigenvalue weighted by Gasteiger charge is -2.21. The van der Waals surface area contributed by atoms with Crippen molar-refractivity contribution in [1.29, 1.82) is 0 Å². The molecule has 1 rings (SSSR count). The monoisotopic (exact) mass is 400 g/mol. The first-order valence-electron chi connectivity index (χ1n) is 4.32. The molecule has 1 aromatic rings. The van der Waals surface area contributed by atoms with Gasteiger partial charge in [-0.2, -0.15) is 22.0 Å². The summed E-state index contributed by atoms with van der Waals surface area (Å²) in [6.07, 6.45) is -5.04. The summed E-state index contributed by atoms with van der Waals surface area (Å²) in [4.78, 5) is -0.551. The topological polar surface area (TPSA) is 34.1 Å². The Bertz CT molecular complexity index is 565. The zero-order valence-electron chi connectivity index (χ0n) is 8.72. The van der Waals surface area contributed by atoms with E-state index in [4.69, 9.17) is 0 Å². The Kier molecular flexibility index (Phi) is 3.97. The highest BCUT2D eigenvalue weighted by Crippen LogP contribution is 2.46. The molecule has 0 unspecified atom stereocenters. The molecule has 0 aliphatic rings. The van der Waals surface area contributed by atoms with E-state index in [-0.39, 0.29) is 0 Å². The molecule has 2 nitrogen and oxygen atoms in total. The fourth-order valence-corrected chi connectivity index (χ4v) is 3.85. The molecule has 0 radical (unpaired) electrons. The van der Waals surface area contributed by atoms with Crippen molar-refractivity contribution < 1.29 is 30.4 Å². The average Bonchev–Trinajstić information content (AvgIpc) is 2.13. The molecule has 0 aliphatic heterocycles. The van der Waals surface area contributed by atoms with Crippen molar-refractivity contribution in [3.05, 3.63) is 27.3 Å². The Morgan fingerprint density at radius 3 is 2.00 bits per heavy atom. The zero-order chi connectivity index (χ0) is 14.4. The highest BCUT2D eigenvalue weighted by atomic mass is 127. The van der Waals surface area contributed by atoms with Crippen LogP contribution in [0.25, 0.3) is 0 Å². The molecule has 0 aromatic heterocycles. The van der Waals surface area contributed by atoms with Gasteiger partial charge in [-0.3, -0.25) is 0 Å². The molecule has 0 amide bonds. The van der Waals surface area contributed by atoms with Gasteiger partial charge in [-0.1, -0.05) is 12.1 Å². The van der Waals surface area contributed by atoms with E-state index in [1.165, 1.54) is 22.6 Å². The lowest BCUT2D eigenvalue weighted by atomic mass is 10.1. The van der Waals surface area contributed by atoms with E-state index in [1.807, 2.05) is 0 Å². The van der Waals surface area contributed by atoms with E-state index >= 15 is 0 Å². The third kappa shape index (κ3) is 2.76. The number of rotatable bonds is 2. The van der Waals surface area contributed by atoms with Crippen LogP contribution < -0.4 is 0 Å². The van der Waals surface area contributed by atoms with Crippen LogP contribution >= 0.6 is 22.6 Å². The summed E-state index contributed by atoms with van der Waals surface area (Å²) in [6, 6.07) is 2.39. The van der Waals surface area contributed by atoms with Gasteiger partial charge in [-0.25, -0.2) is 8.42 Å². The molecule has 0 aliphatic carbocycles. The number of alkyl halides is 5. The van der Waals surface area contributed by atoms with Crippen LogP contribution in [0.15, 0.2) is 23.1 Å². The molecule has 0 atom stereocenters. The summed E-state index contributed by atoms with van der Waals surface area (Å²) in [7, 11) is -3.87. The minimum absolute atomic E-state index is 0.551. The molecule has 0 N–H and O–H groups in total. The average molecular weight is 400 g/mol. The van der Waals surface area contributed by atoms with Crippen molar-refractivity contribution in [3.63, 3.8) is 0 Å². The highest BCUT2D eigenvalue weighted by Gasteiger charge is 2.59. The summed E-state index contributed by atoms with van der Waals surface area (Å²) < 4.78 is 84.9. The summed E-state index contributed by atoms with van der Waals surface area (Å²) >= 11 is 1.17. The minimum atomic E-state index is -5.77. The Labute approximate surface area is 113 Å². The first-order chi connectivity index (χ1) is 7.89. The maximum absolute atomic E-state index is 13.2. The Hall–Kier alpha value is -0.450. The molecule has 18 heavy (non-hydrogen) atoms. The SMILES string of the molecule is CS(=O)(=O)c1cccc(C(F)(F)C(F)(F)F)c1I. The Morgan fingerprint density at radius 1 is 1.11 bits per heavy atom. The van der Waals surface area contributed by atoms with Gasteiger partial charge >= 0.3 is 12.1 Å². The second-order valence-electron chi connectivity index (χ2n) is 3.46. The van der Waals surface area contributed by atoms with E-state index < -0.39 is 36.0 Å². The molecule has 0 heterocycles. The summed E-state index contributed by atoms with van der Waals surface area (Å²) in [5.41, 5.74) is -1.36. The highest BCUT2D eigenvalue weighted by molar-refractivity contribution is 14.1. The van der Waals surface area contributed by atoms with Crippen LogP contribution in [-0.4, -0.2) is 20.8 Å². The summed E-state index contributed by atoms with van der Waals surface area (Å²) in [5.74, 6) is -5.09. The quantitative estimate of drug-likeness (QED) is 0.564. The largest absolute Gasteiger partial charge is 0.458 e. The third-order valence-corrected chi connectivity index (χ3v) is 4.72. The first-order valence-corrected chi connectivity index (χ1v) is 7.29. The second kappa shape index (κ2) is 4.58. The van der Waals surface area contributed by atoms with Gasteiger partial charge in [0.25, 0.3) is 0 Å². The van der Waals surface area contributed by atoms with Gasteiger partial charge < -0.3 is 0 Å². The van der Waals surface area contributed by atoms with Crippen molar-refractivity contribution in [2.24, 2.45) is 0 Å². The molecule has 0 saturated heterocycles. The van der Waals surface area contributed by atoms with Crippen molar-refractivity contribution in [2.45, 2.75) is 17.0 Å². The van der Waals surface area contributed by atoms with Crippen LogP contribution in [0, 0.1) is 3.57 Å². The number of hydrogen-bond acceptors (Lipinski definition) is 2. The fourth-order valence-electron chi connectivity index (χ4n) is 1.19. The molecule has 0 saturated carbocycles. The summed E-state index contributed by atoms with van der Waals surface area (Å²) in [5, 5.41) is 0. The van der Waals surface area contributed by atoms with Gasteiger partial charge in [-0.05, 0) is 28.7 Å². The van der Waals surface area contributed by atoms with E-state index in [2.05, 4.69) is 0 Å². The normalized spacial score (nSPS) is 13.7. The molecule has 9 heteroatoms. The van der Waals surface area contributed by atoms with Crippen molar-refractivity contribution >= 4 is 32.4 Å². The third-order valence-electron chi connectivity index (χ3n) is 2.06. The van der Waals surface area contributed by atoms with Crippen molar-refractivity contribution in [3.8, 4) is 0 Å². The van der Waals surface area contributed by atoms with Crippen molar-refractivity contribution in [1.82, 2.24) is 0 Å². The van der Waals surface area contributed by atoms with Gasteiger partial charge in [0.2, 0.25) is 0 Å².